The highest BCUT2D eigenvalue weighted by atomic mass is 32.1. The van der Waals surface area contributed by atoms with E-state index in [1.807, 2.05) is 6.07 Å². The van der Waals surface area contributed by atoms with Gasteiger partial charge in [0.1, 0.15) is 0 Å². The van der Waals surface area contributed by atoms with Gasteiger partial charge >= 0.3 is 12.0 Å². The topological polar surface area (TPSA) is 104 Å². The van der Waals surface area contributed by atoms with E-state index in [1.54, 1.807) is 49.4 Å². The van der Waals surface area contributed by atoms with Crippen molar-refractivity contribution in [2.45, 2.75) is 6.92 Å². The molecular formula is C18H14N4O3S. The Balaban J connectivity index is 1.73. The Morgan fingerprint density at radius 3 is 2.85 bits per heavy atom. The molecular weight excluding hydrogens is 352 g/mol. The van der Waals surface area contributed by atoms with Gasteiger partial charge in [-0.15, -0.1) is 0 Å². The molecule has 0 atom stereocenters. The Kier molecular flexibility index (Phi) is 5.10. The number of carbonyl (C=O) groups is 2. The Hall–Kier alpha value is -3.44. The summed E-state index contributed by atoms with van der Waals surface area (Å²) in [5, 5.41) is 14.6. The first kappa shape index (κ1) is 17.4. The standard InChI is InChI=1S/C18H14N4O3S/c1-2-25-16(23)12-6-7-14-15(9-12)26-18(21-14)22-17(24)20-13-5-3-4-11(8-13)10-19/h3-9H,2H2,1H3,(H2,20,21,22,24). The van der Waals surface area contributed by atoms with Crippen molar-refractivity contribution in [2.75, 3.05) is 17.2 Å². The quantitative estimate of drug-likeness (QED) is 0.680. The zero-order valence-electron chi connectivity index (χ0n) is 13.8. The van der Waals surface area contributed by atoms with E-state index in [4.69, 9.17) is 10.00 Å². The molecule has 0 bridgehead atoms. The van der Waals surface area contributed by atoms with Crippen molar-refractivity contribution in [1.29, 1.82) is 5.26 Å². The number of ether oxygens (including phenoxy) is 1. The first-order valence-corrected chi connectivity index (χ1v) is 8.56. The number of rotatable bonds is 4. The monoisotopic (exact) mass is 366 g/mol. The van der Waals surface area contributed by atoms with Crippen molar-refractivity contribution >= 4 is 44.4 Å². The Labute approximate surface area is 153 Å². The first-order chi connectivity index (χ1) is 12.6. The van der Waals surface area contributed by atoms with Crippen LogP contribution >= 0.6 is 11.3 Å². The minimum atomic E-state index is -0.468. The number of thiazole rings is 1. The third-order valence-electron chi connectivity index (χ3n) is 3.37. The number of urea groups is 1. The lowest BCUT2D eigenvalue weighted by molar-refractivity contribution is 0.0526. The van der Waals surface area contributed by atoms with Crippen molar-refractivity contribution in [3.63, 3.8) is 0 Å². The molecule has 0 fully saturated rings. The van der Waals surface area contributed by atoms with Gasteiger partial charge < -0.3 is 10.1 Å². The zero-order valence-corrected chi connectivity index (χ0v) is 14.6. The van der Waals surface area contributed by atoms with Gasteiger partial charge in [0.2, 0.25) is 0 Å². The number of amides is 2. The third kappa shape index (κ3) is 3.96. The minimum absolute atomic E-state index is 0.305. The fourth-order valence-electron chi connectivity index (χ4n) is 2.25. The molecule has 2 amide bonds. The molecule has 8 heteroatoms. The van der Waals surface area contributed by atoms with Crippen LogP contribution in [0.3, 0.4) is 0 Å². The summed E-state index contributed by atoms with van der Waals surface area (Å²) in [6.07, 6.45) is 0. The van der Waals surface area contributed by atoms with Gasteiger partial charge in [-0.2, -0.15) is 5.26 Å². The maximum Gasteiger partial charge on any atom is 0.338 e. The molecule has 2 N–H and O–H groups in total. The molecule has 1 aromatic heterocycles. The molecule has 0 aliphatic rings. The average Bonchev–Trinajstić information content (AvgIpc) is 3.03. The second-order valence-corrected chi connectivity index (χ2v) is 6.22. The highest BCUT2D eigenvalue weighted by Gasteiger charge is 2.12. The van der Waals surface area contributed by atoms with Gasteiger partial charge in [-0.1, -0.05) is 17.4 Å². The summed E-state index contributed by atoms with van der Waals surface area (Å²) in [6, 6.07) is 13.2. The zero-order chi connectivity index (χ0) is 18.5. The molecule has 3 aromatic rings. The Morgan fingerprint density at radius 2 is 2.08 bits per heavy atom. The molecule has 0 saturated heterocycles. The molecule has 7 nitrogen and oxygen atoms in total. The summed E-state index contributed by atoms with van der Waals surface area (Å²) in [5.41, 5.74) is 2.07. The number of esters is 1. The number of hydrogen-bond acceptors (Lipinski definition) is 6. The van der Waals surface area contributed by atoms with Crippen molar-refractivity contribution in [3.05, 3.63) is 53.6 Å². The van der Waals surface area contributed by atoms with E-state index in [9.17, 15) is 9.59 Å². The van der Waals surface area contributed by atoms with Crippen LogP contribution in [0.5, 0.6) is 0 Å². The number of fused-ring (bicyclic) bond motifs is 1. The van der Waals surface area contributed by atoms with Crippen LogP contribution in [-0.4, -0.2) is 23.6 Å². The van der Waals surface area contributed by atoms with E-state index in [2.05, 4.69) is 15.6 Å². The van der Waals surface area contributed by atoms with Crippen LogP contribution in [0, 0.1) is 11.3 Å². The van der Waals surface area contributed by atoms with Crippen LogP contribution in [0.25, 0.3) is 10.2 Å². The van der Waals surface area contributed by atoms with Gasteiger partial charge in [0, 0.05) is 5.69 Å². The van der Waals surface area contributed by atoms with E-state index in [0.29, 0.717) is 34.1 Å². The van der Waals surface area contributed by atoms with E-state index in [-0.39, 0.29) is 0 Å². The first-order valence-electron chi connectivity index (χ1n) is 7.75. The molecule has 26 heavy (non-hydrogen) atoms. The fraction of sp³-hybridized carbons (Fsp3) is 0.111. The van der Waals surface area contributed by atoms with Crippen LogP contribution in [0.1, 0.15) is 22.8 Å². The summed E-state index contributed by atoms with van der Waals surface area (Å²) in [6.45, 7) is 2.05. The maximum atomic E-state index is 12.1. The minimum Gasteiger partial charge on any atom is -0.462 e. The van der Waals surface area contributed by atoms with E-state index >= 15 is 0 Å². The van der Waals surface area contributed by atoms with Gasteiger partial charge in [0.25, 0.3) is 0 Å². The van der Waals surface area contributed by atoms with Gasteiger partial charge in [-0.05, 0) is 43.3 Å². The normalized spacial score (nSPS) is 10.2. The second kappa shape index (κ2) is 7.63. The molecule has 0 aliphatic heterocycles. The highest BCUT2D eigenvalue weighted by molar-refractivity contribution is 7.22. The summed E-state index contributed by atoms with van der Waals surface area (Å²) in [4.78, 5) is 28.2. The summed E-state index contributed by atoms with van der Waals surface area (Å²) >= 11 is 1.25. The number of nitrogens with one attached hydrogen (secondary N) is 2. The lowest BCUT2D eigenvalue weighted by Crippen LogP contribution is -2.19. The van der Waals surface area contributed by atoms with E-state index < -0.39 is 12.0 Å². The molecule has 3 rings (SSSR count). The van der Waals surface area contributed by atoms with Crippen molar-refractivity contribution in [3.8, 4) is 6.07 Å². The summed E-state index contributed by atoms with van der Waals surface area (Å²) < 4.78 is 5.74. The van der Waals surface area contributed by atoms with E-state index in [1.165, 1.54) is 11.3 Å². The molecule has 0 spiro atoms. The van der Waals surface area contributed by atoms with Crippen molar-refractivity contribution < 1.29 is 14.3 Å². The molecule has 0 unspecified atom stereocenters. The molecule has 0 radical (unpaired) electrons. The van der Waals surface area contributed by atoms with Gasteiger partial charge in [0.05, 0.1) is 34.0 Å². The van der Waals surface area contributed by atoms with Crippen LogP contribution < -0.4 is 10.6 Å². The summed E-state index contributed by atoms with van der Waals surface area (Å²) in [5.74, 6) is -0.396. The van der Waals surface area contributed by atoms with Crippen molar-refractivity contribution in [1.82, 2.24) is 4.98 Å². The lowest BCUT2D eigenvalue weighted by atomic mass is 10.2. The number of anilines is 2. The maximum absolute atomic E-state index is 12.1. The second-order valence-electron chi connectivity index (χ2n) is 5.19. The van der Waals surface area contributed by atoms with Gasteiger partial charge in [-0.3, -0.25) is 5.32 Å². The lowest BCUT2D eigenvalue weighted by Gasteiger charge is -2.05. The number of nitrogens with zero attached hydrogens (tertiary/aromatic N) is 2. The number of benzene rings is 2. The molecule has 2 aromatic carbocycles. The Bertz CT molecular complexity index is 1020. The predicted octanol–water partition coefficient (Wildman–Crippen LogP) is 3.99. The summed E-state index contributed by atoms with van der Waals surface area (Å²) in [7, 11) is 0. The highest BCUT2D eigenvalue weighted by Crippen LogP contribution is 2.27. The number of nitriles is 1. The van der Waals surface area contributed by atoms with Crippen molar-refractivity contribution in [2.24, 2.45) is 0 Å². The van der Waals surface area contributed by atoms with Gasteiger partial charge in [-0.25, -0.2) is 14.6 Å². The predicted molar refractivity (Wildman–Crippen MR) is 99.4 cm³/mol. The molecule has 130 valence electrons. The number of carbonyl (C=O) groups excluding carboxylic acids is 2. The number of hydrogen-bond donors (Lipinski definition) is 2. The molecule has 0 saturated carbocycles. The smallest absolute Gasteiger partial charge is 0.338 e. The molecule has 1 heterocycles. The SMILES string of the molecule is CCOC(=O)c1ccc2nc(NC(=O)Nc3cccc(C#N)c3)sc2c1. The van der Waals surface area contributed by atoms with Crippen LogP contribution in [0.15, 0.2) is 42.5 Å². The third-order valence-corrected chi connectivity index (χ3v) is 4.30. The van der Waals surface area contributed by atoms with E-state index in [0.717, 1.165) is 4.70 Å². The van der Waals surface area contributed by atoms with Gasteiger partial charge in [0.15, 0.2) is 5.13 Å². The van der Waals surface area contributed by atoms with Crippen LogP contribution in [0.4, 0.5) is 15.6 Å². The van der Waals surface area contributed by atoms with Crippen LogP contribution in [-0.2, 0) is 4.74 Å². The van der Waals surface area contributed by atoms with Crippen LogP contribution in [0.2, 0.25) is 0 Å². The average molecular weight is 366 g/mol. The largest absolute Gasteiger partial charge is 0.462 e. The Morgan fingerprint density at radius 1 is 1.23 bits per heavy atom. The fourth-order valence-corrected chi connectivity index (χ4v) is 3.15. The number of aromatic nitrogens is 1. The molecule has 0 aliphatic carbocycles.